The molecule has 112 valence electrons. The molecule has 0 aromatic rings. The first-order chi connectivity index (χ1) is 9.05. The Morgan fingerprint density at radius 2 is 2.00 bits per heavy atom. The van der Waals surface area contributed by atoms with Crippen molar-refractivity contribution in [2.24, 2.45) is 0 Å². The lowest BCUT2D eigenvalue weighted by atomic mass is 9.83. The summed E-state index contributed by atoms with van der Waals surface area (Å²) in [6.45, 7) is 5.60. The zero-order valence-electron chi connectivity index (χ0n) is 12.7. The van der Waals surface area contributed by atoms with Crippen LogP contribution in [0.1, 0.15) is 71.6 Å². The highest BCUT2D eigenvalue weighted by atomic mass is 16.5. The highest BCUT2D eigenvalue weighted by Gasteiger charge is 2.40. The second-order valence-electron chi connectivity index (χ2n) is 6.90. The van der Waals surface area contributed by atoms with Crippen LogP contribution in [0.4, 0.5) is 0 Å². The zero-order valence-corrected chi connectivity index (χ0v) is 12.7. The first-order valence-electron chi connectivity index (χ1n) is 8.16. The van der Waals surface area contributed by atoms with Crippen molar-refractivity contribution in [1.82, 2.24) is 5.32 Å². The molecule has 2 rings (SSSR count). The van der Waals surface area contributed by atoms with Crippen molar-refractivity contribution >= 4 is 0 Å². The maximum absolute atomic E-state index is 10.1. The van der Waals surface area contributed by atoms with Crippen LogP contribution >= 0.6 is 0 Å². The molecular weight excluding hydrogens is 238 g/mol. The van der Waals surface area contributed by atoms with Crippen molar-refractivity contribution in [3.8, 4) is 0 Å². The smallest absolute Gasteiger partial charge is 0.0743 e. The summed E-state index contributed by atoms with van der Waals surface area (Å²) >= 11 is 0. The van der Waals surface area contributed by atoms with Crippen LogP contribution in [0.2, 0.25) is 0 Å². The van der Waals surface area contributed by atoms with E-state index in [-0.39, 0.29) is 5.60 Å². The molecule has 2 fully saturated rings. The van der Waals surface area contributed by atoms with Crippen molar-refractivity contribution in [3.63, 3.8) is 0 Å². The van der Waals surface area contributed by atoms with Crippen LogP contribution < -0.4 is 5.32 Å². The van der Waals surface area contributed by atoms with Crippen molar-refractivity contribution in [2.45, 2.75) is 88.9 Å². The van der Waals surface area contributed by atoms with Gasteiger partial charge in [-0.05, 0) is 39.0 Å². The molecule has 0 aromatic carbocycles. The van der Waals surface area contributed by atoms with Crippen LogP contribution in [0.25, 0.3) is 0 Å². The van der Waals surface area contributed by atoms with Gasteiger partial charge in [0.25, 0.3) is 0 Å². The minimum Gasteiger partial charge on any atom is -0.389 e. The number of aliphatic hydroxyl groups is 1. The Hall–Kier alpha value is -0.120. The molecule has 0 bridgehead atoms. The van der Waals surface area contributed by atoms with Gasteiger partial charge >= 0.3 is 0 Å². The van der Waals surface area contributed by atoms with Gasteiger partial charge in [0.05, 0.1) is 17.3 Å². The van der Waals surface area contributed by atoms with Gasteiger partial charge in [0.2, 0.25) is 0 Å². The van der Waals surface area contributed by atoms with Gasteiger partial charge in [-0.2, -0.15) is 0 Å². The predicted molar refractivity (Wildman–Crippen MR) is 78.3 cm³/mol. The topological polar surface area (TPSA) is 41.5 Å². The monoisotopic (exact) mass is 269 g/mol. The highest BCUT2D eigenvalue weighted by Crippen LogP contribution is 2.41. The summed E-state index contributed by atoms with van der Waals surface area (Å²) < 4.78 is 6.32. The largest absolute Gasteiger partial charge is 0.389 e. The Labute approximate surface area is 118 Å². The fraction of sp³-hybridized carbons (Fsp3) is 1.00. The first-order valence-corrected chi connectivity index (χ1v) is 8.16. The molecule has 2 aliphatic rings. The third-order valence-electron chi connectivity index (χ3n) is 4.77. The Balaban J connectivity index is 1.68. The number of rotatable bonds is 6. The molecule has 0 aromatic heterocycles. The standard InChI is InChI=1S/C16H31NO2/c1-3-8-15(2,18)13-17-12-14-7-11-16(19-14)9-5-4-6-10-16/h14,17-18H,3-13H2,1-2H3. The maximum Gasteiger partial charge on any atom is 0.0743 e. The van der Waals surface area contributed by atoms with E-state index < -0.39 is 5.60 Å². The van der Waals surface area contributed by atoms with E-state index in [0.717, 1.165) is 19.4 Å². The number of ether oxygens (including phenoxy) is 1. The minimum absolute atomic E-state index is 0.219. The summed E-state index contributed by atoms with van der Waals surface area (Å²) in [7, 11) is 0. The molecule has 3 heteroatoms. The van der Waals surface area contributed by atoms with Crippen LogP contribution in [-0.2, 0) is 4.74 Å². The van der Waals surface area contributed by atoms with Crippen LogP contribution in [0.15, 0.2) is 0 Å². The molecule has 3 nitrogen and oxygen atoms in total. The van der Waals surface area contributed by atoms with Crippen LogP contribution in [0, 0.1) is 0 Å². The van der Waals surface area contributed by atoms with Crippen molar-refractivity contribution in [2.75, 3.05) is 13.1 Å². The van der Waals surface area contributed by atoms with E-state index in [4.69, 9.17) is 4.74 Å². The minimum atomic E-state index is -0.574. The quantitative estimate of drug-likeness (QED) is 0.779. The van der Waals surface area contributed by atoms with Crippen LogP contribution in [0.3, 0.4) is 0 Å². The molecule has 0 amide bonds. The predicted octanol–water partition coefficient (Wildman–Crippen LogP) is 3.01. The summed E-state index contributed by atoms with van der Waals surface area (Å²) in [6.07, 6.45) is 11.2. The van der Waals surface area contributed by atoms with Gasteiger partial charge in [0.1, 0.15) is 0 Å². The molecule has 1 aliphatic carbocycles. The van der Waals surface area contributed by atoms with E-state index in [1.165, 1.54) is 44.9 Å². The van der Waals surface area contributed by atoms with E-state index in [0.29, 0.717) is 12.6 Å². The van der Waals surface area contributed by atoms with Crippen LogP contribution in [-0.4, -0.2) is 35.5 Å². The number of nitrogens with one attached hydrogen (secondary N) is 1. The molecule has 1 saturated carbocycles. The summed E-state index contributed by atoms with van der Waals surface area (Å²) in [5.74, 6) is 0. The zero-order chi connectivity index (χ0) is 13.8. The molecule has 2 atom stereocenters. The highest BCUT2D eigenvalue weighted by molar-refractivity contribution is 4.92. The van der Waals surface area contributed by atoms with E-state index in [1.54, 1.807) is 0 Å². The van der Waals surface area contributed by atoms with E-state index in [1.807, 2.05) is 6.92 Å². The number of hydrogen-bond acceptors (Lipinski definition) is 3. The molecule has 2 N–H and O–H groups in total. The van der Waals surface area contributed by atoms with Gasteiger partial charge in [-0.25, -0.2) is 0 Å². The summed E-state index contributed by atoms with van der Waals surface area (Å²) in [6, 6.07) is 0. The third kappa shape index (κ3) is 4.44. The second-order valence-corrected chi connectivity index (χ2v) is 6.90. The molecule has 0 radical (unpaired) electrons. The van der Waals surface area contributed by atoms with Crippen molar-refractivity contribution < 1.29 is 9.84 Å². The summed E-state index contributed by atoms with van der Waals surface area (Å²) in [5.41, 5.74) is -0.355. The fourth-order valence-corrected chi connectivity index (χ4v) is 3.73. The van der Waals surface area contributed by atoms with Gasteiger partial charge < -0.3 is 15.2 Å². The van der Waals surface area contributed by atoms with E-state index >= 15 is 0 Å². The van der Waals surface area contributed by atoms with Crippen molar-refractivity contribution in [3.05, 3.63) is 0 Å². The molecule has 1 aliphatic heterocycles. The van der Waals surface area contributed by atoms with Gasteiger partial charge in [-0.3, -0.25) is 0 Å². The Kier molecular flexibility index (Phi) is 5.27. The average Bonchev–Trinajstić information content (AvgIpc) is 2.73. The fourth-order valence-electron chi connectivity index (χ4n) is 3.73. The van der Waals surface area contributed by atoms with Gasteiger partial charge in [-0.15, -0.1) is 0 Å². The van der Waals surface area contributed by atoms with E-state index in [9.17, 15) is 5.11 Å². The molecule has 19 heavy (non-hydrogen) atoms. The van der Waals surface area contributed by atoms with Crippen LogP contribution in [0.5, 0.6) is 0 Å². The van der Waals surface area contributed by atoms with E-state index in [2.05, 4.69) is 12.2 Å². The molecular formula is C16H31NO2. The third-order valence-corrected chi connectivity index (χ3v) is 4.77. The maximum atomic E-state index is 10.1. The first kappa shape index (κ1) is 15.3. The SMILES string of the molecule is CCCC(C)(O)CNCC1CCC2(CCCCC2)O1. The molecule has 1 spiro atoms. The average molecular weight is 269 g/mol. The lowest BCUT2D eigenvalue weighted by Crippen LogP contribution is -2.41. The van der Waals surface area contributed by atoms with Gasteiger partial charge in [0.15, 0.2) is 0 Å². The molecule has 1 heterocycles. The molecule has 1 saturated heterocycles. The Bertz CT molecular complexity index is 272. The summed E-state index contributed by atoms with van der Waals surface area (Å²) in [4.78, 5) is 0. The lowest BCUT2D eigenvalue weighted by molar-refractivity contribution is -0.0636. The second kappa shape index (κ2) is 6.55. The van der Waals surface area contributed by atoms with Crippen molar-refractivity contribution in [1.29, 1.82) is 0 Å². The Morgan fingerprint density at radius 1 is 1.26 bits per heavy atom. The van der Waals surface area contributed by atoms with Gasteiger partial charge in [-0.1, -0.05) is 32.6 Å². The van der Waals surface area contributed by atoms with Gasteiger partial charge in [0, 0.05) is 13.1 Å². The number of hydrogen-bond donors (Lipinski definition) is 2. The summed E-state index contributed by atoms with van der Waals surface area (Å²) in [5, 5.41) is 13.5. The lowest BCUT2D eigenvalue weighted by Gasteiger charge is -2.33. The normalized spacial score (nSPS) is 29.5. The molecule has 2 unspecified atom stereocenters. The Morgan fingerprint density at radius 3 is 2.68 bits per heavy atom.